The Bertz CT molecular complexity index is 641. The second kappa shape index (κ2) is 4.93. The first kappa shape index (κ1) is 12.8. The van der Waals surface area contributed by atoms with Gasteiger partial charge < -0.3 is 10.5 Å². The Balaban J connectivity index is 2.36. The average Bonchev–Trinajstić information content (AvgIpc) is 2.33. The number of nitro benzene ring substituents is 1. The van der Waals surface area contributed by atoms with Gasteiger partial charge in [-0.3, -0.25) is 10.1 Å². The molecule has 1 heterocycles. The molecule has 0 amide bonds. The lowest BCUT2D eigenvalue weighted by Gasteiger charge is -2.10. The topological polar surface area (TPSA) is 91.3 Å². The van der Waals surface area contributed by atoms with Crippen molar-refractivity contribution in [3.63, 3.8) is 0 Å². The largest absolute Gasteiger partial charge is 0.457 e. The Hall–Kier alpha value is -2.63. The molecule has 0 bridgehead atoms. The Morgan fingerprint density at radius 2 is 2.00 bits per heavy atom. The van der Waals surface area contributed by atoms with Crippen LogP contribution < -0.4 is 10.5 Å². The Morgan fingerprint density at radius 3 is 2.63 bits per heavy atom. The van der Waals surface area contributed by atoms with Crippen LogP contribution in [-0.4, -0.2) is 9.91 Å². The Kier molecular flexibility index (Phi) is 3.33. The number of ether oxygens (including phenoxy) is 1. The standard InChI is InChI=1S/C13H13N3O3/c1-8-6-12(9(2)5-11(8)16(17)18)19-10-3-4-15-13(14)7-10/h3-7H,1-2H3,(H2,14,15). The minimum absolute atomic E-state index is 0.0825. The number of nitro groups is 1. The van der Waals surface area contributed by atoms with Crippen LogP contribution in [0.25, 0.3) is 0 Å². The molecule has 0 aliphatic heterocycles. The lowest BCUT2D eigenvalue weighted by Crippen LogP contribution is -1.96. The van der Waals surface area contributed by atoms with Crippen molar-refractivity contribution in [2.45, 2.75) is 13.8 Å². The molecule has 0 fully saturated rings. The Labute approximate surface area is 110 Å². The number of nitrogens with two attached hydrogens (primary N) is 1. The molecule has 2 aromatic rings. The van der Waals surface area contributed by atoms with E-state index in [1.165, 1.54) is 12.3 Å². The lowest BCUT2D eigenvalue weighted by molar-refractivity contribution is -0.385. The fraction of sp³-hybridized carbons (Fsp3) is 0.154. The maximum absolute atomic E-state index is 10.8. The van der Waals surface area contributed by atoms with Crippen LogP contribution in [0.15, 0.2) is 30.5 Å². The molecular formula is C13H13N3O3. The highest BCUT2D eigenvalue weighted by Gasteiger charge is 2.14. The van der Waals surface area contributed by atoms with E-state index in [2.05, 4.69) is 4.98 Å². The number of rotatable bonds is 3. The molecule has 2 rings (SSSR count). The summed E-state index contributed by atoms with van der Waals surface area (Å²) in [6.45, 7) is 3.43. The first-order valence-corrected chi connectivity index (χ1v) is 5.62. The number of hydrogen-bond donors (Lipinski definition) is 1. The zero-order valence-electron chi connectivity index (χ0n) is 10.6. The van der Waals surface area contributed by atoms with Crippen molar-refractivity contribution in [2.75, 3.05) is 5.73 Å². The van der Waals surface area contributed by atoms with E-state index < -0.39 is 4.92 Å². The molecule has 19 heavy (non-hydrogen) atoms. The third kappa shape index (κ3) is 2.79. The lowest BCUT2D eigenvalue weighted by atomic mass is 10.1. The summed E-state index contributed by atoms with van der Waals surface area (Å²) in [6.07, 6.45) is 1.54. The van der Waals surface area contributed by atoms with Crippen LogP contribution in [0.4, 0.5) is 11.5 Å². The normalized spacial score (nSPS) is 10.2. The van der Waals surface area contributed by atoms with E-state index in [0.29, 0.717) is 28.4 Å². The minimum Gasteiger partial charge on any atom is -0.457 e. The van der Waals surface area contributed by atoms with E-state index in [0.717, 1.165) is 0 Å². The van der Waals surface area contributed by atoms with Gasteiger partial charge in [0, 0.05) is 23.9 Å². The van der Waals surface area contributed by atoms with Gasteiger partial charge in [-0.25, -0.2) is 4.98 Å². The minimum atomic E-state index is -0.406. The van der Waals surface area contributed by atoms with Crippen LogP contribution in [-0.2, 0) is 0 Å². The van der Waals surface area contributed by atoms with E-state index in [1.807, 2.05) is 0 Å². The third-order valence-corrected chi connectivity index (χ3v) is 2.67. The van der Waals surface area contributed by atoms with Crippen LogP contribution in [0.5, 0.6) is 11.5 Å². The van der Waals surface area contributed by atoms with Gasteiger partial charge in [0.25, 0.3) is 5.69 Å². The van der Waals surface area contributed by atoms with Gasteiger partial charge in [0.15, 0.2) is 0 Å². The molecule has 0 saturated carbocycles. The summed E-state index contributed by atoms with van der Waals surface area (Å²) >= 11 is 0. The van der Waals surface area contributed by atoms with Crippen molar-refractivity contribution < 1.29 is 9.66 Å². The number of benzene rings is 1. The molecule has 6 nitrogen and oxygen atoms in total. The van der Waals surface area contributed by atoms with Gasteiger partial charge in [-0.2, -0.15) is 0 Å². The quantitative estimate of drug-likeness (QED) is 0.675. The zero-order valence-corrected chi connectivity index (χ0v) is 10.6. The van der Waals surface area contributed by atoms with Crippen LogP contribution in [0, 0.1) is 24.0 Å². The number of nitrogen functional groups attached to an aromatic ring is 1. The van der Waals surface area contributed by atoms with Crippen molar-refractivity contribution in [2.24, 2.45) is 0 Å². The second-order valence-electron chi connectivity index (χ2n) is 4.18. The van der Waals surface area contributed by atoms with Gasteiger partial charge in [-0.15, -0.1) is 0 Å². The van der Waals surface area contributed by atoms with E-state index in [9.17, 15) is 10.1 Å². The van der Waals surface area contributed by atoms with Crippen molar-refractivity contribution >= 4 is 11.5 Å². The van der Waals surface area contributed by atoms with Crippen molar-refractivity contribution in [3.8, 4) is 11.5 Å². The molecule has 98 valence electrons. The second-order valence-corrected chi connectivity index (χ2v) is 4.18. The third-order valence-electron chi connectivity index (χ3n) is 2.67. The fourth-order valence-electron chi connectivity index (χ4n) is 1.70. The summed E-state index contributed by atoms with van der Waals surface area (Å²) in [6, 6.07) is 6.40. The number of hydrogen-bond acceptors (Lipinski definition) is 5. The summed E-state index contributed by atoms with van der Waals surface area (Å²) in [7, 11) is 0. The SMILES string of the molecule is Cc1cc([N+](=O)[O-])c(C)cc1Oc1ccnc(N)c1. The molecule has 1 aromatic carbocycles. The number of aromatic nitrogens is 1. The van der Waals surface area contributed by atoms with Gasteiger partial charge >= 0.3 is 0 Å². The maximum atomic E-state index is 10.8. The molecular weight excluding hydrogens is 246 g/mol. The first-order chi connectivity index (χ1) is 8.97. The van der Waals surface area contributed by atoms with Gasteiger partial charge in [-0.05, 0) is 31.5 Å². The average molecular weight is 259 g/mol. The van der Waals surface area contributed by atoms with Crippen molar-refractivity contribution in [1.82, 2.24) is 4.98 Å². The van der Waals surface area contributed by atoms with Crippen LogP contribution in [0.3, 0.4) is 0 Å². The number of nitrogens with zero attached hydrogens (tertiary/aromatic N) is 2. The van der Waals surface area contributed by atoms with E-state index in [4.69, 9.17) is 10.5 Å². The van der Waals surface area contributed by atoms with E-state index >= 15 is 0 Å². The summed E-state index contributed by atoms with van der Waals surface area (Å²) in [4.78, 5) is 14.3. The van der Waals surface area contributed by atoms with Crippen molar-refractivity contribution in [3.05, 3.63) is 51.7 Å². The van der Waals surface area contributed by atoms with Gasteiger partial charge in [-0.1, -0.05) is 0 Å². The highest BCUT2D eigenvalue weighted by atomic mass is 16.6. The molecule has 0 aliphatic rings. The van der Waals surface area contributed by atoms with Gasteiger partial charge in [0.1, 0.15) is 17.3 Å². The van der Waals surface area contributed by atoms with Crippen LogP contribution in [0.1, 0.15) is 11.1 Å². The Morgan fingerprint density at radius 1 is 1.26 bits per heavy atom. The van der Waals surface area contributed by atoms with Crippen LogP contribution in [0.2, 0.25) is 0 Å². The van der Waals surface area contributed by atoms with E-state index in [-0.39, 0.29) is 5.69 Å². The summed E-state index contributed by atoms with van der Waals surface area (Å²) < 4.78 is 5.66. The summed E-state index contributed by atoms with van der Waals surface area (Å²) in [5.74, 6) is 1.46. The zero-order chi connectivity index (χ0) is 14.0. The highest BCUT2D eigenvalue weighted by molar-refractivity contribution is 5.51. The van der Waals surface area contributed by atoms with E-state index in [1.54, 1.807) is 32.0 Å². The van der Waals surface area contributed by atoms with Gasteiger partial charge in [0.2, 0.25) is 0 Å². The predicted molar refractivity (Wildman–Crippen MR) is 71.3 cm³/mol. The first-order valence-electron chi connectivity index (χ1n) is 5.62. The monoisotopic (exact) mass is 259 g/mol. The molecule has 1 aromatic heterocycles. The predicted octanol–water partition coefficient (Wildman–Crippen LogP) is 2.98. The molecule has 2 N–H and O–H groups in total. The van der Waals surface area contributed by atoms with Crippen LogP contribution >= 0.6 is 0 Å². The molecule has 0 atom stereocenters. The molecule has 6 heteroatoms. The molecule has 0 saturated heterocycles. The molecule has 0 unspecified atom stereocenters. The number of aryl methyl sites for hydroxylation is 2. The summed E-state index contributed by atoms with van der Waals surface area (Å²) in [5.41, 5.74) is 6.88. The fourth-order valence-corrected chi connectivity index (χ4v) is 1.70. The molecule has 0 spiro atoms. The molecule has 0 aliphatic carbocycles. The van der Waals surface area contributed by atoms with Crippen molar-refractivity contribution in [1.29, 1.82) is 0 Å². The maximum Gasteiger partial charge on any atom is 0.272 e. The summed E-state index contributed by atoms with van der Waals surface area (Å²) in [5, 5.41) is 10.8. The number of pyridine rings is 1. The highest BCUT2D eigenvalue weighted by Crippen LogP contribution is 2.31. The van der Waals surface area contributed by atoms with Gasteiger partial charge in [0.05, 0.1) is 4.92 Å². The smallest absolute Gasteiger partial charge is 0.272 e. The molecule has 0 radical (unpaired) electrons. The number of anilines is 1.